The summed E-state index contributed by atoms with van der Waals surface area (Å²) in [5.41, 5.74) is 4.31. The van der Waals surface area contributed by atoms with Gasteiger partial charge >= 0.3 is 6.01 Å². The van der Waals surface area contributed by atoms with Crippen LogP contribution in [0, 0.1) is 0 Å². The first-order valence-electron chi connectivity index (χ1n) is 9.59. The van der Waals surface area contributed by atoms with Crippen LogP contribution in [0.1, 0.15) is 0 Å². The van der Waals surface area contributed by atoms with E-state index in [-0.39, 0.29) is 6.79 Å². The highest BCUT2D eigenvalue weighted by atomic mass is 16.7. The molecule has 0 saturated carbocycles. The van der Waals surface area contributed by atoms with Crippen LogP contribution >= 0.6 is 0 Å². The number of aromatic nitrogens is 6. The Labute approximate surface area is 176 Å². The molecule has 0 amide bonds. The van der Waals surface area contributed by atoms with E-state index in [1.165, 1.54) is 0 Å². The minimum Gasteiger partial charge on any atom is -0.454 e. The van der Waals surface area contributed by atoms with Crippen LogP contribution in [0.5, 0.6) is 11.5 Å². The number of aromatic amines is 1. The van der Waals surface area contributed by atoms with Crippen LogP contribution in [0.25, 0.3) is 33.6 Å². The summed E-state index contributed by atoms with van der Waals surface area (Å²) in [4.78, 5) is 9.48. The third kappa shape index (κ3) is 2.88. The average molecular weight is 415 g/mol. The molecular weight excluding hydrogens is 398 g/mol. The smallest absolute Gasteiger partial charge is 0.322 e. The Hall–Kier alpha value is -4.34. The number of anilines is 2. The van der Waals surface area contributed by atoms with Gasteiger partial charge in [-0.15, -0.1) is 5.10 Å². The molecule has 0 fully saturated rings. The van der Waals surface area contributed by atoms with Crippen LogP contribution in [-0.2, 0) is 7.05 Å². The fourth-order valence-electron chi connectivity index (χ4n) is 3.57. The molecule has 31 heavy (non-hydrogen) atoms. The molecular formula is C21H17N7O3. The zero-order chi connectivity index (χ0) is 20.9. The highest BCUT2D eigenvalue weighted by Crippen LogP contribution is 2.37. The van der Waals surface area contributed by atoms with Crippen LogP contribution in [0.2, 0.25) is 0 Å². The average Bonchev–Trinajstić information content (AvgIpc) is 3.57. The van der Waals surface area contributed by atoms with Crippen LogP contribution in [0.15, 0.2) is 53.5 Å². The van der Waals surface area contributed by atoms with Gasteiger partial charge < -0.3 is 18.9 Å². The van der Waals surface area contributed by atoms with Crippen LogP contribution in [0.4, 0.5) is 11.7 Å². The largest absolute Gasteiger partial charge is 0.454 e. The first-order chi connectivity index (χ1) is 15.2. The Morgan fingerprint density at radius 1 is 1.06 bits per heavy atom. The van der Waals surface area contributed by atoms with Crippen molar-refractivity contribution < 1.29 is 13.9 Å². The van der Waals surface area contributed by atoms with Gasteiger partial charge in [0.15, 0.2) is 11.5 Å². The van der Waals surface area contributed by atoms with E-state index in [9.17, 15) is 0 Å². The Bertz CT molecular complexity index is 1420. The summed E-state index contributed by atoms with van der Waals surface area (Å²) in [5.74, 6) is 1.81. The molecule has 0 spiro atoms. The van der Waals surface area contributed by atoms with E-state index in [0.29, 0.717) is 17.7 Å². The third-order valence-corrected chi connectivity index (χ3v) is 5.24. The summed E-state index contributed by atoms with van der Waals surface area (Å²) in [7, 11) is 3.74. The van der Waals surface area contributed by atoms with Crippen molar-refractivity contribution in [2.45, 2.75) is 0 Å². The van der Waals surface area contributed by atoms with E-state index in [1.54, 1.807) is 15.8 Å². The maximum absolute atomic E-state index is 5.99. The van der Waals surface area contributed by atoms with Gasteiger partial charge in [0, 0.05) is 61.0 Å². The Balaban J connectivity index is 1.35. The second-order valence-corrected chi connectivity index (χ2v) is 7.21. The van der Waals surface area contributed by atoms with Gasteiger partial charge in [-0.3, -0.25) is 9.58 Å². The SMILES string of the molecule is CN(c1ccc2c(c1)OCO2)c1nnc(-c2c[nH]c3ncc(-c4cnn(C)c4)cc23)o1. The second-order valence-electron chi connectivity index (χ2n) is 7.21. The zero-order valence-corrected chi connectivity index (χ0v) is 16.7. The Morgan fingerprint density at radius 3 is 2.84 bits per heavy atom. The number of nitrogens with one attached hydrogen (secondary N) is 1. The second kappa shape index (κ2) is 6.59. The minimum absolute atomic E-state index is 0.225. The van der Waals surface area contributed by atoms with Crippen molar-refractivity contribution in [3.05, 3.63) is 49.1 Å². The van der Waals surface area contributed by atoms with E-state index < -0.39 is 0 Å². The van der Waals surface area contributed by atoms with Crippen molar-refractivity contribution in [3.63, 3.8) is 0 Å². The molecule has 0 atom stereocenters. The lowest BCUT2D eigenvalue weighted by Gasteiger charge is -2.14. The summed E-state index contributed by atoms with van der Waals surface area (Å²) < 4.78 is 18.6. The molecule has 1 N–H and O–H groups in total. The van der Waals surface area contributed by atoms with E-state index in [1.807, 2.05) is 57.0 Å². The minimum atomic E-state index is 0.225. The van der Waals surface area contributed by atoms with E-state index in [4.69, 9.17) is 13.9 Å². The first kappa shape index (κ1) is 17.5. The number of fused-ring (bicyclic) bond motifs is 2. The van der Waals surface area contributed by atoms with Gasteiger partial charge in [-0.2, -0.15) is 5.10 Å². The summed E-state index contributed by atoms with van der Waals surface area (Å²) in [6, 6.07) is 8.04. The lowest BCUT2D eigenvalue weighted by molar-refractivity contribution is 0.174. The molecule has 0 aliphatic carbocycles. The molecule has 5 aromatic rings. The topological polar surface area (TPSA) is 107 Å². The van der Waals surface area contributed by atoms with E-state index in [2.05, 4.69) is 25.3 Å². The number of pyridine rings is 1. The molecule has 10 nitrogen and oxygen atoms in total. The fraction of sp³-hybridized carbons (Fsp3) is 0.143. The summed E-state index contributed by atoms with van der Waals surface area (Å²) in [5, 5.41) is 13.6. The number of benzene rings is 1. The van der Waals surface area contributed by atoms with Crippen molar-refractivity contribution in [2.75, 3.05) is 18.7 Å². The van der Waals surface area contributed by atoms with Crippen molar-refractivity contribution in [3.8, 4) is 34.1 Å². The predicted octanol–water partition coefficient (Wildman–Crippen LogP) is 3.51. The molecule has 0 bridgehead atoms. The highest BCUT2D eigenvalue weighted by Gasteiger charge is 2.20. The molecule has 0 radical (unpaired) electrons. The predicted molar refractivity (Wildman–Crippen MR) is 112 cm³/mol. The van der Waals surface area contributed by atoms with Crippen LogP contribution in [0.3, 0.4) is 0 Å². The monoisotopic (exact) mass is 415 g/mol. The molecule has 154 valence electrons. The number of rotatable bonds is 4. The number of nitrogens with zero attached hydrogens (tertiary/aromatic N) is 6. The Kier molecular flexibility index (Phi) is 3.72. The standard InChI is InChI=1S/C21H17N7O3/c1-27-10-13(8-24-27)12-5-15-16(9-23-19(15)22-7-12)20-25-26-21(31-20)28(2)14-3-4-17-18(6-14)30-11-29-17/h3-10H,11H2,1-2H3,(H,22,23). The molecule has 4 aromatic heterocycles. The van der Waals surface area contributed by atoms with E-state index >= 15 is 0 Å². The fourth-order valence-corrected chi connectivity index (χ4v) is 3.57. The maximum Gasteiger partial charge on any atom is 0.322 e. The van der Waals surface area contributed by atoms with Crippen molar-refractivity contribution in [2.24, 2.45) is 7.05 Å². The molecule has 1 aromatic carbocycles. The first-order valence-corrected chi connectivity index (χ1v) is 9.59. The van der Waals surface area contributed by atoms with Gasteiger partial charge in [-0.1, -0.05) is 5.10 Å². The lowest BCUT2D eigenvalue weighted by atomic mass is 10.1. The van der Waals surface area contributed by atoms with Crippen LogP contribution < -0.4 is 14.4 Å². The molecule has 0 saturated heterocycles. The molecule has 6 rings (SSSR count). The number of H-pyrrole nitrogens is 1. The van der Waals surface area contributed by atoms with Crippen LogP contribution in [-0.4, -0.2) is 43.8 Å². The molecule has 1 aliphatic rings. The van der Waals surface area contributed by atoms with Gasteiger partial charge in [0.25, 0.3) is 5.89 Å². The van der Waals surface area contributed by atoms with Gasteiger partial charge in [-0.25, -0.2) is 4.98 Å². The Morgan fingerprint density at radius 2 is 1.97 bits per heavy atom. The summed E-state index contributed by atoms with van der Waals surface area (Å²) in [6.07, 6.45) is 7.38. The summed E-state index contributed by atoms with van der Waals surface area (Å²) >= 11 is 0. The van der Waals surface area contributed by atoms with Crippen molar-refractivity contribution >= 4 is 22.7 Å². The normalized spacial score (nSPS) is 12.6. The van der Waals surface area contributed by atoms with E-state index in [0.717, 1.165) is 39.2 Å². The lowest BCUT2D eigenvalue weighted by Crippen LogP contribution is -2.09. The maximum atomic E-state index is 5.99. The molecule has 0 unspecified atom stereocenters. The van der Waals surface area contributed by atoms with Gasteiger partial charge in [0.1, 0.15) is 5.65 Å². The highest BCUT2D eigenvalue weighted by molar-refractivity contribution is 5.93. The molecule has 1 aliphatic heterocycles. The quantitative estimate of drug-likeness (QED) is 0.475. The third-order valence-electron chi connectivity index (χ3n) is 5.24. The summed E-state index contributed by atoms with van der Waals surface area (Å²) in [6.45, 7) is 0.225. The zero-order valence-electron chi connectivity index (χ0n) is 16.7. The number of hydrogen-bond donors (Lipinski definition) is 1. The molecule has 5 heterocycles. The van der Waals surface area contributed by atoms with Crippen molar-refractivity contribution in [1.82, 2.24) is 29.9 Å². The van der Waals surface area contributed by atoms with Crippen molar-refractivity contribution in [1.29, 1.82) is 0 Å². The number of aryl methyl sites for hydroxylation is 1. The number of hydrogen-bond acceptors (Lipinski definition) is 8. The molecule has 10 heteroatoms. The van der Waals surface area contributed by atoms with Gasteiger partial charge in [0.05, 0.1) is 11.8 Å². The number of ether oxygens (including phenoxy) is 2. The van der Waals surface area contributed by atoms with Gasteiger partial charge in [0.2, 0.25) is 6.79 Å². The van der Waals surface area contributed by atoms with Gasteiger partial charge in [-0.05, 0) is 18.2 Å².